The third-order valence-electron chi connectivity index (χ3n) is 4.33. The first kappa shape index (κ1) is 14.2. The number of nitrogens with one attached hydrogen (secondary N) is 2. The van der Waals surface area contributed by atoms with Gasteiger partial charge in [0, 0.05) is 24.7 Å². The van der Waals surface area contributed by atoms with E-state index in [-0.39, 0.29) is 11.8 Å². The smallest absolute Gasteiger partial charge is 0.257 e. The first-order valence-electron chi connectivity index (χ1n) is 7.57. The molecule has 2 saturated heterocycles. The van der Waals surface area contributed by atoms with Crippen molar-refractivity contribution in [2.45, 2.75) is 18.9 Å². The number of fused-ring (bicyclic) bond motifs is 1. The lowest BCUT2D eigenvalue weighted by Crippen LogP contribution is -2.42. The highest BCUT2D eigenvalue weighted by atomic mass is 16.2. The fraction of sp³-hybridized carbons (Fsp3) is 0.500. The minimum atomic E-state index is -0.324. The maximum absolute atomic E-state index is 12.0. The number of hydrogen-bond acceptors (Lipinski definition) is 4. The summed E-state index contributed by atoms with van der Waals surface area (Å²) in [6, 6.07) is 9.34. The summed E-state index contributed by atoms with van der Waals surface area (Å²) in [6.07, 6.45) is 2.45. The Bertz CT molecular complexity index is 504. The van der Waals surface area contributed by atoms with Crippen LogP contribution in [0.25, 0.3) is 0 Å². The molecule has 2 fully saturated rings. The van der Waals surface area contributed by atoms with E-state index in [0.717, 1.165) is 19.6 Å². The number of carbonyl (C=O) groups excluding carboxylic acids is 2. The Balaban J connectivity index is 1.49. The number of carbonyl (C=O) groups is 2. The SMILES string of the molecule is O=C(CN1C[C@@H]2CCCN[C@@H]2C1)NC(=O)c1ccccc1. The summed E-state index contributed by atoms with van der Waals surface area (Å²) in [5.41, 5.74) is 0.516. The topological polar surface area (TPSA) is 61.4 Å². The van der Waals surface area contributed by atoms with Crippen LogP contribution in [-0.4, -0.2) is 48.9 Å². The normalized spacial score (nSPS) is 25.3. The first-order chi connectivity index (χ1) is 10.2. The molecule has 0 aliphatic carbocycles. The zero-order valence-electron chi connectivity index (χ0n) is 12.0. The van der Waals surface area contributed by atoms with Crippen molar-refractivity contribution in [2.24, 2.45) is 5.92 Å². The molecule has 2 aliphatic heterocycles. The summed E-state index contributed by atoms with van der Waals surface area (Å²) in [5, 5.41) is 5.98. The van der Waals surface area contributed by atoms with Crippen LogP contribution in [0.4, 0.5) is 0 Å². The quantitative estimate of drug-likeness (QED) is 0.856. The molecule has 21 heavy (non-hydrogen) atoms. The Labute approximate surface area is 124 Å². The van der Waals surface area contributed by atoms with Gasteiger partial charge in [0.25, 0.3) is 5.91 Å². The summed E-state index contributed by atoms with van der Waals surface area (Å²) in [7, 11) is 0. The van der Waals surface area contributed by atoms with E-state index in [2.05, 4.69) is 15.5 Å². The predicted octanol–water partition coefficient (Wildman–Crippen LogP) is 0.627. The third kappa shape index (κ3) is 3.49. The lowest BCUT2D eigenvalue weighted by Gasteiger charge is -2.24. The fourth-order valence-corrected chi connectivity index (χ4v) is 3.30. The van der Waals surface area contributed by atoms with E-state index in [1.54, 1.807) is 24.3 Å². The molecule has 0 bridgehead atoms. The van der Waals surface area contributed by atoms with Gasteiger partial charge in [-0.25, -0.2) is 0 Å². The van der Waals surface area contributed by atoms with E-state index in [0.29, 0.717) is 24.1 Å². The molecule has 5 nitrogen and oxygen atoms in total. The minimum Gasteiger partial charge on any atom is -0.312 e. The fourth-order valence-electron chi connectivity index (χ4n) is 3.30. The average molecular weight is 287 g/mol. The maximum Gasteiger partial charge on any atom is 0.257 e. The van der Waals surface area contributed by atoms with Crippen molar-refractivity contribution in [3.63, 3.8) is 0 Å². The van der Waals surface area contributed by atoms with E-state index < -0.39 is 0 Å². The molecule has 5 heteroatoms. The summed E-state index contributed by atoms with van der Waals surface area (Å²) < 4.78 is 0. The minimum absolute atomic E-state index is 0.220. The van der Waals surface area contributed by atoms with Crippen molar-refractivity contribution in [3.05, 3.63) is 35.9 Å². The Morgan fingerprint density at radius 2 is 2.05 bits per heavy atom. The molecular formula is C16H21N3O2. The van der Waals surface area contributed by atoms with Crippen LogP contribution in [0.1, 0.15) is 23.2 Å². The van der Waals surface area contributed by atoms with Crippen LogP contribution in [-0.2, 0) is 4.79 Å². The summed E-state index contributed by atoms with van der Waals surface area (Å²) in [6.45, 7) is 3.23. The molecule has 1 aromatic carbocycles. The van der Waals surface area contributed by atoms with Crippen LogP contribution in [0.2, 0.25) is 0 Å². The molecule has 0 spiro atoms. The molecule has 0 radical (unpaired) electrons. The lowest BCUT2D eigenvalue weighted by atomic mass is 9.94. The molecule has 112 valence electrons. The number of benzene rings is 1. The zero-order valence-corrected chi connectivity index (χ0v) is 12.0. The highest BCUT2D eigenvalue weighted by Crippen LogP contribution is 2.24. The highest BCUT2D eigenvalue weighted by molar-refractivity contribution is 6.05. The standard InChI is InChI=1S/C16H21N3O2/c20-15(18-16(21)12-5-2-1-3-6-12)11-19-9-13-7-4-8-17-14(13)10-19/h1-3,5-6,13-14,17H,4,7-11H2,(H,18,20,21)/t13-,14+/m0/s1. The van der Waals surface area contributed by atoms with Gasteiger partial charge in [0.15, 0.2) is 0 Å². The van der Waals surface area contributed by atoms with Crippen molar-refractivity contribution >= 4 is 11.8 Å². The van der Waals surface area contributed by atoms with Crippen molar-refractivity contribution < 1.29 is 9.59 Å². The summed E-state index contributed by atoms with van der Waals surface area (Å²) >= 11 is 0. The number of hydrogen-bond donors (Lipinski definition) is 2. The van der Waals surface area contributed by atoms with Gasteiger partial charge in [-0.1, -0.05) is 18.2 Å². The van der Waals surface area contributed by atoms with Gasteiger partial charge >= 0.3 is 0 Å². The first-order valence-corrected chi connectivity index (χ1v) is 7.57. The van der Waals surface area contributed by atoms with Crippen molar-refractivity contribution in [1.82, 2.24) is 15.5 Å². The van der Waals surface area contributed by atoms with Gasteiger partial charge in [0.2, 0.25) is 5.91 Å². The number of imide groups is 1. The van der Waals surface area contributed by atoms with Gasteiger partial charge in [-0.3, -0.25) is 19.8 Å². The van der Waals surface area contributed by atoms with E-state index >= 15 is 0 Å². The Morgan fingerprint density at radius 3 is 2.81 bits per heavy atom. The van der Waals surface area contributed by atoms with Gasteiger partial charge in [0.05, 0.1) is 6.54 Å². The molecule has 0 aromatic heterocycles. The van der Waals surface area contributed by atoms with Crippen LogP contribution >= 0.6 is 0 Å². The Kier molecular flexibility index (Phi) is 4.31. The van der Waals surface area contributed by atoms with E-state index in [4.69, 9.17) is 0 Å². The number of amides is 2. The second kappa shape index (κ2) is 6.37. The van der Waals surface area contributed by atoms with Gasteiger partial charge in [-0.05, 0) is 37.4 Å². The van der Waals surface area contributed by atoms with Crippen LogP contribution in [0.15, 0.2) is 30.3 Å². The summed E-state index contributed by atoms with van der Waals surface area (Å²) in [4.78, 5) is 26.1. The molecule has 2 heterocycles. The third-order valence-corrected chi connectivity index (χ3v) is 4.33. The Morgan fingerprint density at radius 1 is 1.24 bits per heavy atom. The van der Waals surface area contributed by atoms with Crippen molar-refractivity contribution in [3.8, 4) is 0 Å². The lowest BCUT2D eigenvalue weighted by molar-refractivity contribution is -0.121. The van der Waals surface area contributed by atoms with Crippen LogP contribution in [0, 0.1) is 5.92 Å². The van der Waals surface area contributed by atoms with E-state index in [9.17, 15) is 9.59 Å². The second-order valence-electron chi connectivity index (χ2n) is 5.90. The zero-order chi connectivity index (χ0) is 14.7. The van der Waals surface area contributed by atoms with Crippen LogP contribution < -0.4 is 10.6 Å². The van der Waals surface area contributed by atoms with Crippen molar-refractivity contribution in [1.29, 1.82) is 0 Å². The van der Waals surface area contributed by atoms with E-state index in [1.165, 1.54) is 12.8 Å². The molecule has 2 N–H and O–H groups in total. The molecular weight excluding hydrogens is 266 g/mol. The summed E-state index contributed by atoms with van der Waals surface area (Å²) in [5.74, 6) is 0.106. The number of piperidine rings is 1. The van der Waals surface area contributed by atoms with E-state index in [1.807, 2.05) is 6.07 Å². The molecule has 3 rings (SSSR count). The van der Waals surface area contributed by atoms with Gasteiger partial charge in [-0.2, -0.15) is 0 Å². The average Bonchev–Trinajstić information content (AvgIpc) is 2.90. The number of rotatable bonds is 3. The molecule has 0 saturated carbocycles. The maximum atomic E-state index is 12.0. The monoisotopic (exact) mass is 287 g/mol. The number of likely N-dealkylation sites (tertiary alicyclic amines) is 1. The Hall–Kier alpha value is -1.72. The number of nitrogens with zero attached hydrogens (tertiary/aromatic N) is 1. The molecule has 2 amide bonds. The van der Waals surface area contributed by atoms with Crippen LogP contribution in [0.3, 0.4) is 0 Å². The second-order valence-corrected chi connectivity index (χ2v) is 5.90. The van der Waals surface area contributed by atoms with Gasteiger partial charge in [-0.15, -0.1) is 0 Å². The van der Waals surface area contributed by atoms with Crippen LogP contribution in [0.5, 0.6) is 0 Å². The molecule has 2 aliphatic rings. The van der Waals surface area contributed by atoms with Crippen molar-refractivity contribution in [2.75, 3.05) is 26.2 Å². The predicted molar refractivity (Wildman–Crippen MR) is 79.9 cm³/mol. The molecule has 1 aromatic rings. The van der Waals surface area contributed by atoms with Gasteiger partial charge in [0.1, 0.15) is 0 Å². The molecule has 2 atom stereocenters. The van der Waals surface area contributed by atoms with Gasteiger partial charge < -0.3 is 5.32 Å². The highest BCUT2D eigenvalue weighted by Gasteiger charge is 2.34. The largest absolute Gasteiger partial charge is 0.312 e. The molecule has 0 unspecified atom stereocenters.